The zero-order valence-electron chi connectivity index (χ0n) is 8.50. The van der Waals surface area contributed by atoms with Crippen LogP contribution in [0.2, 0.25) is 0 Å². The Balaban J connectivity index is 2.79. The summed E-state index contributed by atoms with van der Waals surface area (Å²) in [5.74, 6) is 0. The van der Waals surface area contributed by atoms with Gasteiger partial charge in [0.05, 0.1) is 5.69 Å². The molecule has 2 aromatic rings. The highest BCUT2D eigenvalue weighted by Gasteiger charge is 2.08. The van der Waals surface area contributed by atoms with Gasteiger partial charge in [0.2, 0.25) is 0 Å². The van der Waals surface area contributed by atoms with E-state index in [1.165, 1.54) is 0 Å². The molecule has 1 aromatic heterocycles. The highest BCUT2D eigenvalue weighted by Crippen LogP contribution is 2.12. The van der Waals surface area contributed by atoms with Crippen molar-refractivity contribution in [2.24, 2.45) is 0 Å². The van der Waals surface area contributed by atoms with E-state index in [1.54, 1.807) is 6.07 Å². The van der Waals surface area contributed by atoms with E-state index in [2.05, 4.69) is 10.2 Å². The van der Waals surface area contributed by atoms with Crippen LogP contribution < -0.4 is 11.4 Å². The molecule has 0 aliphatic heterocycles. The molecule has 0 atom stereocenters. The zero-order valence-corrected chi connectivity index (χ0v) is 8.50. The van der Waals surface area contributed by atoms with Crippen LogP contribution in [0.3, 0.4) is 0 Å². The van der Waals surface area contributed by atoms with Crippen molar-refractivity contribution in [1.29, 1.82) is 0 Å². The first-order valence-corrected chi connectivity index (χ1v) is 4.57. The zero-order chi connectivity index (χ0) is 11.0. The Hall–Kier alpha value is -2.04. The highest BCUT2D eigenvalue weighted by molar-refractivity contribution is 5.42. The predicted molar refractivity (Wildman–Crippen MR) is 56.5 cm³/mol. The quantitative estimate of drug-likeness (QED) is 0.710. The number of nitrogens with one attached hydrogen (secondary N) is 2. The molecule has 15 heavy (non-hydrogen) atoms. The molecule has 2 rings (SSSR count). The molecule has 0 bridgehead atoms. The number of aryl methyl sites for hydroxylation is 2. The summed E-state index contributed by atoms with van der Waals surface area (Å²) in [5, 5.41) is 4.50. The molecular formula is C10H11N3O2. The van der Waals surface area contributed by atoms with Crippen LogP contribution in [0.5, 0.6) is 0 Å². The molecule has 1 heterocycles. The number of aromatic nitrogens is 3. The Morgan fingerprint density at radius 3 is 2.27 bits per heavy atom. The molecule has 1 aromatic carbocycles. The monoisotopic (exact) mass is 205 g/mol. The van der Waals surface area contributed by atoms with E-state index in [9.17, 15) is 9.59 Å². The summed E-state index contributed by atoms with van der Waals surface area (Å²) in [6.07, 6.45) is 0. The Morgan fingerprint density at radius 1 is 1.07 bits per heavy atom. The number of aromatic amines is 2. The summed E-state index contributed by atoms with van der Waals surface area (Å²) < 4.78 is 1.09. The molecule has 78 valence electrons. The van der Waals surface area contributed by atoms with Gasteiger partial charge in [-0.25, -0.2) is 24.4 Å². The van der Waals surface area contributed by atoms with Crippen LogP contribution in [0.4, 0.5) is 0 Å². The lowest BCUT2D eigenvalue weighted by Gasteiger charge is -2.04. The molecule has 0 fully saturated rings. The minimum absolute atomic E-state index is 0.450. The maximum atomic E-state index is 11.4. The van der Waals surface area contributed by atoms with Gasteiger partial charge in [-0.2, -0.15) is 0 Å². The van der Waals surface area contributed by atoms with Crippen LogP contribution in [0.15, 0.2) is 27.8 Å². The van der Waals surface area contributed by atoms with Crippen LogP contribution in [-0.2, 0) is 0 Å². The summed E-state index contributed by atoms with van der Waals surface area (Å²) in [5.41, 5.74) is 1.60. The average Bonchev–Trinajstić information content (AvgIpc) is 2.51. The van der Waals surface area contributed by atoms with Gasteiger partial charge < -0.3 is 0 Å². The van der Waals surface area contributed by atoms with Gasteiger partial charge in [-0.05, 0) is 31.0 Å². The lowest BCUT2D eigenvalue weighted by Crippen LogP contribution is -2.25. The van der Waals surface area contributed by atoms with Gasteiger partial charge >= 0.3 is 11.4 Å². The molecule has 2 N–H and O–H groups in total. The molecule has 0 aliphatic rings. The topological polar surface area (TPSA) is 70.7 Å². The van der Waals surface area contributed by atoms with Gasteiger partial charge in [-0.1, -0.05) is 12.1 Å². The van der Waals surface area contributed by atoms with E-state index in [0.29, 0.717) is 5.69 Å². The van der Waals surface area contributed by atoms with E-state index in [0.717, 1.165) is 15.7 Å². The Morgan fingerprint density at radius 2 is 1.67 bits per heavy atom. The molecule has 5 heteroatoms. The molecule has 0 amide bonds. The number of rotatable bonds is 1. The minimum atomic E-state index is -0.450. The predicted octanol–water partition coefficient (Wildman–Crippen LogP) is 0.471. The third-order valence-corrected chi connectivity index (χ3v) is 2.29. The van der Waals surface area contributed by atoms with E-state index in [4.69, 9.17) is 0 Å². The highest BCUT2D eigenvalue weighted by atomic mass is 16.2. The van der Waals surface area contributed by atoms with E-state index < -0.39 is 11.4 Å². The van der Waals surface area contributed by atoms with Crippen LogP contribution in [0, 0.1) is 13.8 Å². The first-order valence-electron chi connectivity index (χ1n) is 4.57. The van der Waals surface area contributed by atoms with Crippen molar-refractivity contribution in [2.75, 3.05) is 0 Å². The lowest BCUT2D eigenvalue weighted by molar-refractivity contribution is 0.939. The number of hydrogen-bond acceptors (Lipinski definition) is 2. The van der Waals surface area contributed by atoms with Crippen LogP contribution in [0.25, 0.3) is 5.69 Å². The Bertz CT molecular complexity index is 576. The largest absolute Gasteiger partial charge is 0.348 e. The second-order valence-electron chi connectivity index (χ2n) is 3.49. The third kappa shape index (κ3) is 1.52. The summed E-state index contributed by atoms with van der Waals surface area (Å²) in [6, 6.07) is 5.62. The SMILES string of the molecule is Cc1ccc(C)c(-n2c(=O)[nH][nH]c2=O)c1. The molecule has 0 saturated carbocycles. The van der Waals surface area contributed by atoms with E-state index in [-0.39, 0.29) is 0 Å². The van der Waals surface area contributed by atoms with Gasteiger partial charge in [-0.3, -0.25) is 0 Å². The van der Waals surface area contributed by atoms with Crippen molar-refractivity contribution in [3.05, 3.63) is 50.3 Å². The maximum absolute atomic E-state index is 11.4. The second kappa shape index (κ2) is 3.27. The number of benzene rings is 1. The fourth-order valence-electron chi connectivity index (χ4n) is 1.49. The summed E-state index contributed by atoms with van der Waals surface area (Å²) >= 11 is 0. The summed E-state index contributed by atoms with van der Waals surface area (Å²) in [7, 11) is 0. The second-order valence-corrected chi connectivity index (χ2v) is 3.49. The van der Waals surface area contributed by atoms with Crippen molar-refractivity contribution < 1.29 is 0 Å². The number of H-pyrrole nitrogens is 2. The van der Waals surface area contributed by atoms with Crippen molar-refractivity contribution in [3.8, 4) is 5.69 Å². The van der Waals surface area contributed by atoms with Gasteiger partial charge in [0, 0.05) is 0 Å². The van der Waals surface area contributed by atoms with Gasteiger partial charge in [0.15, 0.2) is 0 Å². The van der Waals surface area contributed by atoms with E-state index in [1.807, 2.05) is 26.0 Å². The lowest BCUT2D eigenvalue weighted by atomic mass is 10.1. The Kier molecular flexibility index (Phi) is 2.07. The fraction of sp³-hybridized carbons (Fsp3) is 0.200. The summed E-state index contributed by atoms with van der Waals surface area (Å²) in [6.45, 7) is 3.77. The van der Waals surface area contributed by atoms with Gasteiger partial charge in [-0.15, -0.1) is 0 Å². The van der Waals surface area contributed by atoms with Crippen LogP contribution >= 0.6 is 0 Å². The van der Waals surface area contributed by atoms with Crippen LogP contribution in [0.1, 0.15) is 11.1 Å². The molecular weight excluding hydrogens is 194 g/mol. The molecule has 0 unspecified atom stereocenters. The van der Waals surface area contributed by atoms with Crippen molar-refractivity contribution in [2.45, 2.75) is 13.8 Å². The van der Waals surface area contributed by atoms with Crippen LogP contribution in [-0.4, -0.2) is 14.8 Å². The van der Waals surface area contributed by atoms with Crippen molar-refractivity contribution in [1.82, 2.24) is 14.8 Å². The standard InChI is InChI=1S/C10H11N3O2/c1-6-3-4-7(2)8(5-6)13-9(14)11-12-10(13)15/h3-5H,1-2H3,(H,11,14)(H,12,15). The maximum Gasteiger partial charge on any atom is 0.348 e. The fourth-order valence-corrected chi connectivity index (χ4v) is 1.49. The first-order chi connectivity index (χ1) is 7.09. The minimum Gasteiger partial charge on any atom is -0.247 e. The molecule has 0 saturated heterocycles. The molecule has 0 radical (unpaired) electrons. The van der Waals surface area contributed by atoms with Gasteiger partial charge in [0.25, 0.3) is 0 Å². The average molecular weight is 205 g/mol. The van der Waals surface area contributed by atoms with Crippen molar-refractivity contribution >= 4 is 0 Å². The molecule has 0 spiro atoms. The van der Waals surface area contributed by atoms with E-state index >= 15 is 0 Å². The summed E-state index contributed by atoms with van der Waals surface area (Å²) in [4.78, 5) is 22.8. The number of nitrogens with zero attached hydrogens (tertiary/aromatic N) is 1. The van der Waals surface area contributed by atoms with Crippen molar-refractivity contribution in [3.63, 3.8) is 0 Å². The Labute approximate surface area is 85.4 Å². The normalized spacial score (nSPS) is 10.5. The van der Waals surface area contributed by atoms with Gasteiger partial charge in [0.1, 0.15) is 0 Å². The number of hydrogen-bond donors (Lipinski definition) is 2. The third-order valence-electron chi connectivity index (χ3n) is 2.29. The molecule has 5 nitrogen and oxygen atoms in total. The smallest absolute Gasteiger partial charge is 0.247 e. The molecule has 0 aliphatic carbocycles. The first kappa shape index (κ1) is 9.51.